The minimum atomic E-state index is -0.689. The predicted molar refractivity (Wildman–Crippen MR) is 76.5 cm³/mol. The summed E-state index contributed by atoms with van der Waals surface area (Å²) in [4.78, 5) is 12.3. The summed E-state index contributed by atoms with van der Waals surface area (Å²) < 4.78 is 0. The third-order valence-electron chi connectivity index (χ3n) is 6.03. The molecule has 0 heterocycles. The standard InChI is InChI=1S/C16H28N2O/c1-3-7-16(2,17)15(19)18-14-9-10-8-13(14)12-6-4-5-11(10)12/h10-14H,3-9,17H2,1-2H3,(H,18,19). The van der Waals surface area contributed by atoms with E-state index in [1.807, 2.05) is 6.92 Å². The number of amides is 1. The Kier molecular flexibility index (Phi) is 3.36. The molecule has 0 saturated heterocycles. The van der Waals surface area contributed by atoms with Gasteiger partial charge in [-0.15, -0.1) is 0 Å². The van der Waals surface area contributed by atoms with Gasteiger partial charge in [-0.25, -0.2) is 0 Å². The van der Waals surface area contributed by atoms with Crippen LogP contribution in [0.25, 0.3) is 0 Å². The van der Waals surface area contributed by atoms with Gasteiger partial charge in [0, 0.05) is 6.04 Å². The summed E-state index contributed by atoms with van der Waals surface area (Å²) in [7, 11) is 0. The minimum Gasteiger partial charge on any atom is -0.351 e. The Morgan fingerprint density at radius 1 is 1.26 bits per heavy atom. The van der Waals surface area contributed by atoms with Crippen LogP contribution in [-0.4, -0.2) is 17.5 Å². The van der Waals surface area contributed by atoms with Crippen molar-refractivity contribution in [3.63, 3.8) is 0 Å². The summed E-state index contributed by atoms with van der Waals surface area (Å²) in [5.74, 6) is 3.59. The highest BCUT2D eigenvalue weighted by Crippen LogP contribution is 2.58. The van der Waals surface area contributed by atoms with Crippen molar-refractivity contribution in [1.29, 1.82) is 0 Å². The Hall–Kier alpha value is -0.570. The van der Waals surface area contributed by atoms with E-state index in [2.05, 4.69) is 12.2 Å². The molecule has 3 fully saturated rings. The fraction of sp³-hybridized carbons (Fsp3) is 0.938. The fourth-order valence-electron chi connectivity index (χ4n) is 5.20. The van der Waals surface area contributed by atoms with Gasteiger partial charge in [0.25, 0.3) is 0 Å². The maximum Gasteiger partial charge on any atom is 0.240 e. The molecule has 0 aromatic rings. The normalized spacial score (nSPS) is 43.0. The van der Waals surface area contributed by atoms with Crippen LogP contribution >= 0.6 is 0 Å². The molecule has 0 aromatic carbocycles. The van der Waals surface area contributed by atoms with Crippen LogP contribution in [0.1, 0.15) is 58.8 Å². The molecule has 0 radical (unpaired) electrons. The SMILES string of the molecule is CCCC(C)(N)C(=O)NC1CC2CC1C1CCCC21. The van der Waals surface area contributed by atoms with Gasteiger partial charge >= 0.3 is 0 Å². The number of nitrogens with two attached hydrogens (primary N) is 1. The molecular formula is C16H28N2O. The topological polar surface area (TPSA) is 55.1 Å². The number of rotatable bonds is 4. The minimum absolute atomic E-state index is 0.0708. The Balaban J connectivity index is 1.62. The highest BCUT2D eigenvalue weighted by Gasteiger charge is 2.54. The number of nitrogens with one attached hydrogen (secondary N) is 1. The van der Waals surface area contributed by atoms with Crippen molar-refractivity contribution in [2.45, 2.75) is 70.4 Å². The van der Waals surface area contributed by atoms with Crippen molar-refractivity contribution in [1.82, 2.24) is 5.32 Å². The quantitative estimate of drug-likeness (QED) is 0.819. The van der Waals surface area contributed by atoms with Crippen LogP contribution in [0.15, 0.2) is 0 Å². The van der Waals surface area contributed by atoms with E-state index in [0.29, 0.717) is 6.04 Å². The molecule has 3 nitrogen and oxygen atoms in total. The molecule has 6 atom stereocenters. The second kappa shape index (κ2) is 4.76. The summed E-state index contributed by atoms with van der Waals surface area (Å²) in [6.07, 6.45) is 8.54. The van der Waals surface area contributed by atoms with Gasteiger partial charge in [-0.3, -0.25) is 4.79 Å². The molecule has 3 aliphatic rings. The first-order valence-corrected chi connectivity index (χ1v) is 8.12. The summed E-state index contributed by atoms with van der Waals surface area (Å²) in [6.45, 7) is 3.95. The van der Waals surface area contributed by atoms with Crippen molar-refractivity contribution < 1.29 is 4.79 Å². The number of fused-ring (bicyclic) bond motifs is 5. The molecule has 108 valence electrons. The lowest BCUT2D eigenvalue weighted by Crippen LogP contribution is -2.55. The van der Waals surface area contributed by atoms with Crippen LogP contribution in [0.2, 0.25) is 0 Å². The highest BCUT2D eigenvalue weighted by atomic mass is 16.2. The molecule has 0 spiro atoms. The second-order valence-corrected chi connectivity index (χ2v) is 7.40. The Labute approximate surface area is 116 Å². The largest absolute Gasteiger partial charge is 0.351 e. The molecule has 19 heavy (non-hydrogen) atoms. The van der Waals surface area contributed by atoms with E-state index in [0.717, 1.165) is 36.5 Å². The molecule has 3 saturated carbocycles. The van der Waals surface area contributed by atoms with Gasteiger partial charge in [-0.1, -0.05) is 19.8 Å². The zero-order chi connectivity index (χ0) is 13.6. The lowest BCUT2D eigenvalue weighted by molar-refractivity contribution is -0.127. The average molecular weight is 264 g/mol. The van der Waals surface area contributed by atoms with E-state index in [1.165, 1.54) is 32.1 Å². The molecular weight excluding hydrogens is 236 g/mol. The highest BCUT2D eigenvalue weighted by molar-refractivity contribution is 5.85. The number of carbonyl (C=O) groups is 1. The summed E-state index contributed by atoms with van der Waals surface area (Å²) >= 11 is 0. The maximum atomic E-state index is 12.3. The summed E-state index contributed by atoms with van der Waals surface area (Å²) in [5, 5.41) is 3.28. The van der Waals surface area contributed by atoms with Crippen molar-refractivity contribution in [2.75, 3.05) is 0 Å². The van der Waals surface area contributed by atoms with Gasteiger partial charge in [-0.2, -0.15) is 0 Å². The van der Waals surface area contributed by atoms with E-state index in [4.69, 9.17) is 5.73 Å². The van der Waals surface area contributed by atoms with Crippen LogP contribution < -0.4 is 11.1 Å². The third-order valence-corrected chi connectivity index (χ3v) is 6.03. The Morgan fingerprint density at radius 2 is 2.00 bits per heavy atom. The zero-order valence-electron chi connectivity index (χ0n) is 12.3. The number of carbonyl (C=O) groups excluding carboxylic acids is 1. The van der Waals surface area contributed by atoms with Crippen LogP contribution in [0.3, 0.4) is 0 Å². The van der Waals surface area contributed by atoms with Gasteiger partial charge in [0.1, 0.15) is 0 Å². The lowest BCUT2D eigenvalue weighted by Gasteiger charge is -2.34. The monoisotopic (exact) mass is 264 g/mol. The molecule has 2 bridgehead atoms. The average Bonchev–Trinajstić information content (AvgIpc) is 2.99. The second-order valence-electron chi connectivity index (χ2n) is 7.40. The van der Waals surface area contributed by atoms with Gasteiger partial charge in [0.2, 0.25) is 5.91 Å². The van der Waals surface area contributed by atoms with E-state index < -0.39 is 5.54 Å². The summed E-state index contributed by atoms with van der Waals surface area (Å²) in [5.41, 5.74) is 5.45. The molecule has 6 unspecified atom stereocenters. The van der Waals surface area contributed by atoms with Crippen molar-refractivity contribution in [3.05, 3.63) is 0 Å². The predicted octanol–water partition coefficient (Wildman–Crippen LogP) is 2.44. The molecule has 0 aliphatic heterocycles. The van der Waals surface area contributed by atoms with Crippen molar-refractivity contribution >= 4 is 5.91 Å². The molecule has 3 aliphatic carbocycles. The van der Waals surface area contributed by atoms with E-state index in [1.54, 1.807) is 0 Å². The van der Waals surface area contributed by atoms with Crippen LogP contribution in [0.5, 0.6) is 0 Å². The van der Waals surface area contributed by atoms with E-state index in [-0.39, 0.29) is 5.91 Å². The van der Waals surface area contributed by atoms with Crippen molar-refractivity contribution in [3.8, 4) is 0 Å². The smallest absolute Gasteiger partial charge is 0.240 e. The van der Waals surface area contributed by atoms with Crippen LogP contribution in [-0.2, 0) is 4.79 Å². The lowest BCUT2D eigenvalue weighted by atomic mass is 9.79. The zero-order valence-corrected chi connectivity index (χ0v) is 12.3. The van der Waals surface area contributed by atoms with Gasteiger partial charge in [-0.05, 0) is 62.7 Å². The van der Waals surface area contributed by atoms with Crippen LogP contribution in [0, 0.1) is 23.7 Å². The fourth-order valence-corrected chi connectivity index (χ4v) is 5.20. The first-order chi connectivity index (χ1) is 9.03. The van der Waals surface area contributed by atoms with E-state index >= 15 is 0 Å². The summed E-state index contributed by atoms with van der Waals surface area (Å²) in [6, 6.07) is 0.414. The first-order valence-electron chi connectivity index (χ1n) is 8.12. The van der Waals surface area contributed by atoms with E-state index in [9.17, 15) is 4.79 Å². The molecule has 3 N–H and O–H groups in total. The number of hydrogen-bond donors (Lipinski definition) is 2. The number of hydrogen-bond acceptors (Lipinski definition) is 2. The Morgan fingerprint density at radius 3 is 2.74 bits per heavy atom. The van der Waals surface area contributed by atoms with Gasteiger partial charge in [0.15, 0.2) is 0 Å². The molecule has 3 rings (SSSR count). The van der Waals surface area contributed by atoms with Gasteiger partial charge in [0.05, 0.1) is 5.54 Å². The molecule has 0 aromatic heterocycles. The molecule has 3 heteroatoms. The first kappa shape index (κ1) is 13.4. The Bertz CT molecular complexity index is 366. The van der Waals surface area contributed by atoms with Crippen molar-refractivity contribution in [2.24, 2.45) is 29.4 Å². The van der Waals surface area contributed by atoms with Crippen LogP contribution in [0.4, 0.5) is 0 Å². The maximum absolute atomic E-state index is 12.3. The van der Waals surface area contributed by atoms with Gasteiger partial charge < -0.3 is 11.1 Å². The third kappa shape index (κ3) is 2.20. The molecule has 1 amide bonds.